The van der Waals surface area contributed by atoms with E-state index in [0.29, 0.717) is 24.2 Å². The number of likely N-dealkylation sites (N-methyl/N-ethyl adjacent to an activating group) is 1. The number of esters is 2. The molecule has 0 aromatic heterocycles. The maximum absolute atomic E-state index is 13.2. The first-order valence-corrected chi connectivity index (χ1v) is 15.2. The summed E-state index contributed by atoms with van der Waals surface area (Å²) in [7, 11) is 0. The Labute approximate surface area is 274 Å². The van der Waals surface area contributed by atoms with E-state index in [1.54, 1.807) is 23.1 Å². The van der Waals surface area contributed by atoms with Crippen LogP contribution in [0.3, 0.4) is 0 Å². The van der Waals surface area contributed by atoms with Crippen molar-refractivity contribution < 1.29 is 37.0 Å². The van der Waals surface area contributed by atoms with E-state index in [2.05, 4.69) is 0 Å². The fourth-order valence-corrected chi connectivity index (χ4v) is 5.47. The standard InChI is InChI=1S/C35H30Cl2F3NO5/c1-3-41(4-2)32(42)27(22-10-6-5-7-11-22)18-19-45-33(43)24-20-29(36)31(30(37)21-24)46-34(44)28-13-9-8-12-26(28)23-14-16-25(17-15-23)35(38,39)40/h5-17,20-21,27H,3-4,18-19H2,1-2H3. The van der Waals surface area contributed by atoms with Gasteiger partial charge in [0.1, 0.15) is 0 Å². The Morgan fingerprint density at radius 2 is 1.39 bits per heavy atom. The second-order valence-electron chi connectivity index (χ2n) is 10.2. The van der Waals surface area contributed by atoms with Crippen molar-refractivity contribution in [3.63, 3.8) is 0 Å². The summed E-state index contributed by atoms with van der Waals surface area (Å²) in [6, 6.07) is 22.3. The van der Waals surface area contributed by atoms with Gasteiger partial charge in [-0.25, -0.2) is 9.59 Å². The number of halogens is 5. The molecule has 46 heavy (non-hydrogen) atoms. The van der Waals surface area contributed by atoms with Crippen molar-refractivity contribution >= 4 is 41.0 Å². The highest BCUT2D eigenvalue weighted by molar-refractivity contribution is 6.38. The normalized spacial score (nSPS) is 11.9. The van der Waals surface area contributed by atoms with Crippen molar-refractivity contribution in [2.45, 2.75) is 32.4 Å². The van der Waals surface area contributed by atoms with Crippen LogP contribution in [0.1, 0.15) is 58.0 Å². The third-order valence-corrected chi connectivity index (χ3v) is 7.88. The van der Waals surface area contributed by atoms with Crippen LogP contribution in [0, 0.1) is 0 Å². The van der Waals surface area contributed by atoms with Gasteiger partial charge in [-0.1, -0.05) is 83.9 Å². The van der Waals surface area contributed by atoms with Crippen LogP contribution >= 0.6 is 23.2 Å². The summed E-state index contributed by atoms with van der Waals surface area (Å²) in [5.74, 6) is -2.38. The Morgan fingerprint density at radius 1 is 0.804 bits per heavy atom. The zero-order valence-electron chi connectivity index (χ0n) is 24.9. The minimum absolute atomic E-state index is 0.00582. The second kappa shape index (κ2) is 15.3. The lowest BCUT2D eigenvalue weighted by Gasteiger charge is -2.25. The Morgan fingerprint density at radius 3 is 1.98 bits per heavy atom. The van der Waals surface area contributed by atoms with Gasteiger partial charge in [0.05, 0.1) is 39.3 Å². The van der Waals surface area contributed by atoms with E-state index < -0.39 is 29.6 Å². The van der Waals surface area contributed by atoms with Crippen LogP contribution in [0.4, 0.5) is 13.2 Å². The maximum Gasteiger partial charge on any atom is 0.416 e. The molecule has 0 spiro atoms. The summed E-state index contributed by atoms with van der Waals surface area (Å²) in [5, 5.41) is -0.280. The molecule has 0 N–H and O–H groups in total. The summed E-state index contributed by atoms with van der Waals surface area (Å²) >= 11 is 12.7. The minimum atomic E-state index is -4.50. The molecule has 0 aliphatic heterocycles. The number of alkyl halides is 3. The van der Waals surface area contributed by atoms with Gasteiger partial charge in [-0.15, -0.1) is 0 Å². The van der Waals surface area contributed by atoms with Gasteiger partial charge >= 0.3 is 18.1 Å². The van der Waals surface area contributed by atoms with Crippen LogP contribution in [0.5, 0.6) is 5.75 Å². The molecule has 240 valence electrons. The molecule has 0 aliphatic carbocycles. The lowest BCUT2D eigenvalue weighted by atomic mass is 9.94. The Hall–Kier alpha value is -4.34. The van der Waals surface area contributed by atoms with E-state index in [0.717, 1.165) is 17.7 Å². The molecule has 4 rings (SSSR count). The average molecular weight is 673 g/mol. The summed E-state index contributed by atoms with van der Waals surface area (Å²) < 4.78 is 50.0. The molecule has 0 saturated heterocycles. The number of hydrogen-bond acceptors (Lipinski definition) is 5. The summed E-state index contributed by atoms with van der Waals surface area (Å²) in [4.78, 5) is 41.0. The number of ether oxygens (including phenoxy) is 2. The fraction of sp³-hybridized carbons (Fsp3) is 0.229. The second-order valence-corrected chi connectivity index (χ2v) is 11.0. The largest absolute Gasteiger partial charge is 0.462 e. The van der Waals surface area contributed by atoms with Crippen LogP contribution in [-0.2, 0) is 15.7 Å². The van der Waals surface area contributed by atoms with Gasteiger partial charge < -0.3 is 14.4 Å². The first-order valence-electron chi connectivity index (χ1n) is 14.4. The molecule has 0 radical (unpaired) electrons. The number of hydrogen-bond donors (Lipinski definition) is 0. The van der Waals surface area contributed by atoms with Gasteiger partial charge in [-0.05, 0) is 67.3 Å². The predicted molar refractivity (Wildman–Crippen MR) is 170 cm³/mol. The number of benzene rings is 4. The predicted octanol–water partition coefficient (Wildman–Crippen LogP) is 9.10. The van der Waals surface area contributed by atoms with Crippen molar-refractivity contribution in [2.75, 3.05) is 19.7 Å². The number of carbonyl (C=O) groups excluding carboxylic acids is 3. The highest BCUT2D eigenvalue weighted by Crippen LogP contribution is 2.37. The van der Waals surface area contributed by atoms with E-state index in [-0.39, 0.29) is 45.9 Å². The monoisotopic (exact) mass is 671 g/mol. The number of amides is 1. The van der Waals surface area contributed by atoms with Gasteiger partial charge in [0.25, 0.3) is 0 Å². The molecular formula is C35H30Cl2F3NO5. The van der Waals surface area contributed by atoms with E-state index in [9.17, 15) is 27.6 Å². The summed E-state index contributed by atoms with van der Waals surface area (Å²) in [5.41, 5.74) is 0.757. The molecular weight excluding hydrogens is 642 g/mol. The van der Waals surface area contributed by atoms with Crippen molar-refractivity contribution in [3.8, 4) is 16.9 Å². The zero-order chi connectivity index (χ0) is 33.4. The van der Waals surface area contributed by atoms with Crippen LogP contribution in [0.15, 0.2) is 91.0 Å². The van der Waals surface area contributed by atoms with Crippen molar-refractivity contribution in [3.05, 3.63) is 123 Å². The summed E-state index contributed by atoms with van der Waals surface area (Å²) in [6.45, 7) is 4.84. The van der Waals surface area contributed by atoms with Crippen molar-refractivity contribution in [2.24, 2.45) is 0 Å². The Balaban J connectivity index is 1.46. The van der Waals surface area contributed by atoms with Crippen LogP contribution in [-0.4, -0.2) is 42.4 Å². The third kappa shape index (κ3) is 8.27. The third-order valence-electron chi connectivity index (χ3n) is 7.31. The lowest BCUT2D eigenvalue weighted by molar-refractivity contribution is -0.137. The highest BCUT2D eigenvalue weighted by atomic mass is 35.5. The Kier molecular flexibility index (Phi) is 11.5. The van der Waals surface area contributed by atoms with Crippen molar-refractivity contribution in [1.82, 2.24) is 4.90 Å². The molecule has 0 aliphatic rings. The molecule has 11 heteroatoms. The van der Waals surface area contributed by atoms with Crippen molar-refractivity contribution in [1.29, 1.82) is 0 Å². The molecule has 0 fully saturated rings. The fourth-order valence-electron chi connectivity index (χ4n) is 4.90. The molecule has 6 nitrogen and oxygen atoms in total. The van der Waals surface area contributed by atoms with Crippen LogP contribution < -0.4 is 4.74 Å². The van der Waals surface area contributed by atoms with Gasteiger partial charge in [0.2, 0.25) is 5.91 Å². The maximum atomic E-state index is 13.2. The molecule has 0 saturated carbocycles. The topological polar surface area (TPSA) is 72.9 Å². The molecule has 0 heterocycles. The molecule has 1 atom stereocenters. The molecule has 1 unspecified atom stereocenters. The Bertz CT molecular complexity index is 1670. The average Bonchev–Trinajstić information content (AvgIpc) is 3.05. The lowest BCUT2D eigenvalue weighted by Crippen LogP contribution is -2.35. The minimum Gasteiger partial charge on any atom is -0.462 e. The smallest absolute Gasteiger partial charge is 0.416 e. The van der Waals surface area contributed by atoms with Gasteiger partial charge in [-0.2, -0.15) is 13.2 Å². The van der Waals surface area contributed by atoms with Crippen LogP contribution in [0.2, 0.25) is 10.0 Å². The van der Waals surface area contributed by atoms with E-state index >= 15 is 0 Å². The summed E-state index contributed by atoms with van der Waals surface area (Å²) in [6.07, 6.45) is -4.25. The van der Waals surface area contributed by atoms with E-state index in [1.807, 2.05) is 44.2 Å². The molecule has 1 amide bonds. The van der Waals surface area contributed by atoms with Gasteiger partial charge in [-0.3, -0.25) is 4.79 Å². The first-order chi connectivity index (χ1) is 21.9. The molecule has 0 bridgehead atoms. The van der Waals surface area contributed by atoms with Crippen LogP contribution in [0.25, 0.3) is 11.1 Å². The number of nitrogens with zero attached hydrogens (tertiary/aromatic N) is 1. The number of carbonyl (C=O) groups is 3. The number of rotatable bonds is 11. The van der Waals surface area contributed by atoms with Gasteiger partial charge in [0, 0.05) is 13.1 Å². The first kappa shape index (κ1) is 34.5. The van der Waals surface area contributed by atoms with Gasteiger partial charge in [0.15, 0.2) is 5.75 Å². The molecule has 4 aromatic carbocycles. The van der Waals surface area contributed by atoms with E-state index in [1.165, 1.54) is 30.3 Å². The quantitative estimate of drug-likeness (QED) is 0.117. The zero-order valence-corrected chi connectivity index (χ0v) is 26.5. The highest BCUT2D eigenvalue weighted by Gasteiger charge is 2.30. The van der Waals surface area contributed by atoms with E-state index in [4.69, 9.17) is 32.7 Å². The SMILES string of the molecule is CCN(CC)C(=O)C(CCOC(=O)c1cc(Cl)c(OC(=O)c2ccccc2-c2ccc(C(F)(F)F)cc2)c(Cl)c1)c1ccccc1. The molecule has 4 aromatic rings.